The number of hydrogen-bond acceptors (Lipinski definition) is 2. The largest absolute Gasteiger partial charge is 0.406 e. The molecule has 2 aromatic carbocycles. The summed E-state index contributed by atoms with van der Waals surface area (Å²) in [6, 6.07) is 13.5. The Balaban J connectivity index is 2.24. The first-order valence-electron chi connectivity index (χ1n) is 6.32. The van der Waals surface area contributed by atoms with Crippen molar-refractivity contribution in [3.05, 3.63) is 48.5 Å². The molecule has 0 unspecified atom stereocenters. The van der Waals surface area contributed by atoms with Gasteiger partial charge in [-0.15, -0.1) is 0 Å². The summed E-state index contributed by atoms with van der Waals surface area (Å²) in [4.78, 5) is 4.32. The van der Waals surface area contributed by atoms with E-state index in [9.17, 15) is 13.2 Å². The minimum atomic E-state index is -4.32. The standard InChI is InChI=1S/C15H12F3N3/c16-15(17,18)9-21-13-7-2-1-6-12(13)20-14(21)10-4-3-5-11(19)8-10/h1-8H,9,19H2. The maximum atomic E-state index is 12.8. The highest BCUT2D eigenvalue weighted by molar-refractivity contribution is 5.81. The normalized spacial score (nSPS) is 12.0. The van der Waals surface area contributed by atoms with Gasteiger partial charge in [-0.1, -0.05) is 24.3 Å². The number of alkyl halides is 3. The number of benzene rings is 2. The monoisotopic (exact) mass is 291 g/mol. The van der Waals surface area contributed by atoms with Crippen LogP contribution in [0.15, 0.2) is 48.5 Å². The predicted octanol–water partition coefficient (Wildman–Crippen LogP) is 3.85. The fourth-order valence-electron chi connectivity index (χ4n) is 2.31. The summed E-state index contributed by atoms with van der Waals surface area (Å²) in [7, 11) is 0. The van der Waals surface area contributed by atoms with Crippen LogP contribution in [0.1, 0.15) is 0 Å². The lowest BCUT2D eigenvalue weighted by Gasteiger charge is -2.12. The van der Waals surface area contributed by atoms with Crippen LogP contribution < -0.4 is 5.73 Å². The van der Waals surface area contributed by atoms with Gasteiger partial charge in [0.05, 0.1) is 11.0 Å². The molecule has 3 aromatic rings. The Kier molecular flexibility index (Phi) is 3.08. The number of aromatic nitrogens is 2. The number of nitrogens with two attached hydrogens (primary N) is 1. The van der Waals surface area contributed by atoms with Crippen LogP contribution in [0.3, 0.4) is 0 Å². The van der Waals surface area contributed by atoms with E-state index in [0.29, 0.717) is 22.3 Å². The number of para-hydroxylation sites is 2. The number of rotatable bonds is 2. The molecule has 108 valence electrons. The van der Waals surface area contributed by atoms with Crippen molar-refractivity contribution in [1.29, 1.82) is 0 Å². The summed E-state index contributed by atoms with van der Waals surface area (Å²) in [6.45, 7) is -1.09. The molecule has 0 saturated carbocycles. The third-order valence-corrected chi connectivity index (χ3v) is 3.14. The number of nitrogens with zero attached hydrogens (tertiary/aromatic N) is 2. The fraction of sp³-hybridized carbons (Fsp3) is 0.133. The lowest BCUT2D eigenvalue weighted by atomic mass is 10.2. The molecule has 21 heavy (non-hydrogen) atoms. The van der Waals surface area contributed by atoms with Gasteiger partial charge in [-0.25, -0.2) is 4.98 Å². The van der Waals surface area contributed by atoms with Crippen molar-refractivity contribution in [1.82, 2.24) is 9.55 Å². The summed E-state index contributed by atoms with van der Waals surface area (Å²) >= 11 is 0. The van der Waals surface area contributed by atoms with E-state index in [-0.39, 0.29) is 5.82 Å². The van der Waals surface area contributed by atoms with Crippen LogP contribution in [0.5, 0.6) is 0 Å². The van der Waals surface area contributed by atoms with Gasteiger partial charge < -0.3 is 10.3 Å². The molecular weight excluding hydrogens is 279 g/mol. The molecule has 1 aromatic heterocycles. The van der Waals surface area contributed by atoms with E-state index >= 15 is 0 Å². The van der Waals surface area contributed by atoms with Crippen LogP contribution in [0, 0.1) is 0 Å². The quantitative estimate of drug-likeness (QED) is 0.729. The average Bonchev–Trinajstić information content (AvgIpc) is 2.76. The van der Waals surface area contributed by atoms with Gasteiger partial charge in [-0.05, 0) is 24.3 Å². The highest BCUT2D eigenvalue weighted by Gasteiger charge is 2.30. The van der Waals surface area contributed by atoms with E-state index in [1.165, 1.54) is 4.57 Å². The zero-order valence-electron chi connectivity index (χ0n) is 10.9. The number of hydrogen-bond donors (Lipinski definition) is 1. The van der Waals surface area contributed by atoms with Crippen molar-refractivity contribution in [3.8, 4) is 11.4 Å². The fourth-order valence-corrected chi connectivity index (χ4v) is 2.31. The molecule has 0 aliphatic rings. The van der Waals surface area contributed by atoms with Crippen molar-refractivity contribution >= 4 is 16.7 Å². The smallest absolute Gasteiger partial charge is 0.399 e. The maximum Gasteiger partial charge on any atom is 0.406 e. The molecule has 3 rings (SSSR count). The lowest BCUT2D eigenvalue weighted by Crippen LogP contribution is -2.18. The maximum absolute atomic E-state index is 12.8. The molecule has 0 spiro atoms. The Morgan fingerprint density at radius 1 is 1.05 bits per heavy atom. The zero-order valence-corrected chi connectivity index (χ0v) is 10.9. The summed E-state index contributed by atoms with van der Waals surface area (Å²) in [6.07, 6.45) is -4.32. The van der Waals surface area contributed by atoms with Gasteiger partial charge in [0.25, 0.3) is 0 Å². The zero-order chi connectivity index (χ0) is 15.0. The van der Waals surface area contributed by atoms with E-state index in [0.717, 1.165) is 0 Å². The Labute approximate surface area is 118 Å². The van der Waals surface area contributed by atoms with Crippen LogP contribution in [0.25, 0.3) is 22.4 Å². The first-order valence-corrected chi connectivity index (χ1v) is 6.32. The molecule has 6 heteroatoms. The Morgan fingerprint density at radius 3 is 2.52 bits per heavy atom. The second kappa shape index (κ2) is 4.80. The highest BCUT2D eigenvalue weighted by Crippen LogP contribution is 2.29. The van der Waals surface area contributed by atoms with E-state index in [1.807, 2.05) is 0 Å². The molecule has 1 heterocycles. The number of imidazole rings is 1. The summed E-state index contributed by atoms with van der Waals surface area (Å²) < 4.78 is 39.7. The molecule has 3 nitrogen and oxygen atoms in total. The first kappa shape index (κ1) is 13.5. The van der Waals surface area contributed by atoms with Crippen molar-refractivity contribution in [2.24, 2.45) is 0 Å². The molecule has 0 fully saturated rings. The highest BCUT2D eigenvalue weighted by atomic mass is 19.4. The minimum Gasteiger partial charge on any atom is -0.399 e. The van der Waals surface area contributed by atoms with Gasteiger partial charge >= 0.3 is 6.18 Å². The van der Waals surface area contributed by atoms with Gasteiger partial charge in [0.15, 0.2) is 0 Å². The molecule has 0 aliphatic carbocycles. The summed E-state index contributed by atoms with van der Waals surface area (Å²) in [5, 5.41) is 0. The van der Waals surface area contributed by atoms with Crippen molar-refractivity contribution in [2.45, 2.75) is 12.7 Å². The molecule has 0 atom stereocenters. The third kappa shape index (κ3) is 2.69. The Morgan fingerprint density at radius 2 is 1.81 bits per heavy atom. The van der Waals surface area contributed by atoms with Crippen LogP contribution in [0.2, 0.25) is 0 Å². The second-order valence-electron chi connectivity index (χ2n) is 4.75. The molecule has 0 saturated heterocycles. The number of nitrogen functional groups attached to an aromatic ring is 1. The third-order valence-electron chi connectivity index (χ3n) is 3.14. The van der Waals surface area contributed by atoms with Crippen LogP contribution in [-0.2, 0) is 6.54 Å². The van der Waals surface area contributed by atoms with Gasteiger partial charge in [0.2, 0.25) is 0 Å². The number of fused-ring (bicyclic) bond motifs is 1. The topological polar surface area (TPSA) is 43.8 Å². The van der Waals surface area contributed by atoms with Crippen LogP contribution in [0.4, 0.5) is 18.9 Å². The number of anilines is 1. The molecule has 0 radical (unpaired) electrons. The van der Waals surface area contributed by atoms with E-state index in [2.05, 4.69) is 4.98 Å². The van der Waals surface area contributed by atoms with Crippen molar-refractivity contribution in [3.63, 3.8) is 0 Å². The number of halogens is 3. The molecule has 0 aliphatic heterocycles. The van der Waals surface area contributed by atoms with Gasteiger partial charge in [-0.2, -0.15) is 13.2 Å². The van der Waals surface area contributed by atoms with Gasteiger partial charge in [0, 0.05) is 11.3 Å². The van der Waals surface area contributed by atoms with E-state index in [1.54, 1.807) is 48.5 Å². The molecule has 0 amide bonds. The lowest BCUT2D eigenvalue weighted by molar-refractivity contribution is -0.139. The SMILES string of the molecule is Nc1cccc(-c2nc3ccccc3n2CC(F)(F)F)c1. The Hall–Kier alpha value is -2.50. The minimum absolute atomic E-state index is 0.265. The van der Waals surface area contributed by atoms with Crippen LogP contribution >= 0.6 is 0 Å². The van der Waals surface area contributed by atoms with Crippen molar-refractivity contribution < 1.29 is 13.2 Å². The van der Waals surface area contributed by atoms with E-state index in [4.69, 9.17) is 5.73 Å². The molecule has 0 bridgehead atoms. The molecular formula is C15H12F3N3. The predicted molar refractivity (Wildman–Crippen MR) is 75.6 cm³/mol. The van der Waals surface area contributed by atoms with Crippen molar-refractivity contribution in [2.75, 3.05) is 5.73 Å². The van der Waals surface area contributed by atoms with Crippen LogP contribution in [-0.4, -0.2) is 15.7 Å². The summed E-state index contributed by atoms with van der Waals surface area (Å²) in [5.74, 6) is 0.265. The van der Waals surface area contributed by atoms with E-state index < -0.39 is 12.7 Å². The first-order chi connectivity index (χ1) is 9.94. The average molecular weight is 291 g/mol. The van der Waals surface area contributed by atoms with Gasteiger partial charge in [0.1, 0.15) is 12.4 Å². The van der Waals surface area contributed by atoms with Gasteiger partial charge in [-0.3, -0.25) is 0 Å². The summed E-state index contributed by atoms with van der Waals surface area (Å²) in [5.41, 5.74) is 7.74. The molecule has 2 N–H and O–H groups in total. The second-order valence-corrected chi connectivity index (χ2v) is 4.75. The Bertz CT molecular complexity index is 790.